The fourth-order valence-electron chi connectivity index (χ4n) is 2.52. The molecule has 0 radical (unpaired) electrons. The zero-order chi connectivity index (χ0) is 14.6. The molecule has 0 amide bonds. The second-order valence-electron chi connectivity index (χ2n) is 6.41. The van der Waals surface area contributed by atoms with Crippen molar-refractivity contribution >= 4 is 15.9 Å². The summed E-state index contributed by atoms with van der Waals surface area (Å²) in [7, 11) is 0. The predicted molar refractivity (Wildman–Crippen MR) is 88.5 cm³/mol. The van der Waals surface area contributed by atoms with E-state index in [-0.39, 0.29) is 5.41 Å². The molecule has 1 aliphatic rings. The van der Waals surface area contributed by atoms with Crippen molar-refractivity contribution in [3.05, 3.63) is 28.2 Å². The molecule has 1 N–H and O–H groups in total. The number of rotatable bonds is 5. The summed E-state index contributed by atoms with van der Waals surface area (Å²) >= 11 is 3.65. The van der Waals surface area contributed by atoms with E-state index in [1.807, 2.05) is 0 Å². The average Bonchev–Trinajstić information content (AvgIpc) is 2.47. The van der Waals surface area contributed by atoms with Crippen molar-refractivity contribution in [1.29, 1.82) is 0 Å². The van der Waals surface area contributed by atoms with Gasteiger partial charge in [-0.1, -0.05) is 26.8 Å². The molecule has 1 aliphatic heterocycles. The highest BCUT2D eigenvalue weighted by Crippen LogP contribution is 2.33. The highest BCUT2D eigenvalue weighted by atomic mass is 79.9. The Bertz CT molecular complexity index is 439. The van der Waals surface area contributed by atoms with Crippen LogP contribution in [-0.4, -0.2) is 19.7 Å². The van der Waals surface area contributed by atoms with Crippen LogP contribution in [-0.2, 0) is 5.41 Å². The molecule has 1 saturated heterocycles. The summed E-state index contributed by atoms with van der Waals surface area (Å²) in [6, 6.07) is 6.51. The molecule has 1 aromatic carbocycles. The number of piperidine rings is 1. The topological polar surface area (TPSA) is 21.3 Å². The molecule has 1 heterocycles. The van der Waals surface area contributed by atoms with E-state index < -0.39 is 0 Å². The molecule has 1 atom stereocenters. The number of benzene rings is 1. The van der Waals surface area contributed by atoms with E-state index in [1.165, 1.54) is 18.4 Å². The summed E-state index contributed by atoms with van der Waals surface area (Å²) in [5.74, 6) is 1.61. The molecule has 0 aliphatic carbocycles. The fraction of sp³-hybridized carbons (Fsp3) is 0.647. The van der Waals surface area contributed by atoms with E-state index in [2.05, 4.69) is 60.2 Å². The molecule has 1 unspecified atom stereocenters. The maximum absolute atomic E-state index is 5.99. The Morgan fingerprint density at radius 2 is 2.20 bits per heavy atom. The van der Waals surface area contributed by atoms with Crippen molar-refractivity contribution in [2.75, 3.05) is 19.7 Å². The first-order chi connectivity index (χ1) is 9.53. The van der Waals surface area contributed by atoms with Crippen molar-refractivity contribution in [1.82, 2.24) is 5.32 Å². The van der Waals surface area contributed by atoms with Crippen molar-refractivity contribution < 1.29 is 4.74 Å². The third-order valence-corrected chi connectivity index (χ3v) is 5.09. The Balaban J connectivity index is 1.99. The Hall–Kier alpha value is -0.540. The molecule has 0 bridgehead atoms. The summed E-state index contributed by atoms with van der Waals surface area (Å²) in [5, 5.41) is 3.43. The van der Waals surface area contributed by atoms with Crippen LogP contribution in [0.1, 0.15) is 45.6 Å². The van der Waals surface area contributed by atoms with E-state index >= 15 is 0 Å². The van der Waals surface area contributed by atoms with Crippen molar-refractivity contribution in [3.8, 4) is 5.75 Å². The first-order valence-electron chi connectivity index (χ1n) is 7.66. The van der Waals surface area contributed by atoms with Gasteiger partial charge in [-0.25, -0.2) is 0 Å². The van der Waals surface area contributed by atoms with E-state index in [9.17, 15) is 0 Å². The molecular formula is C17H26BrNO. The Morgan fingerprint density at radius 1 is 1.40 bits per heavy atom. The van der Waals surface area contributed by atoms with Crippen LogP contribution in [0.2, 0.25) is 0 Å². The number of ether oxygens (including phenoxy) is 1. The van der Waals surface area contributed by atoms with Crippen LogP contribution in [0.5, 0.6) is 5.75 Å². The minimum Gasteiger partial charge on any atom is -0.492 e. The Labute approximate surface area is 131 Å². The lowest BCUT2D eigenvalue weighted by Crippen LogP contribution is -2.33. The second kappa shape index (κ2) is 6.95. The molecule has 0 spiro atoms. The van der Waals surface area contributed by atoms with Crippen LogP contribution < -0.4 is 10.1 Å². The minimum atomic E-state index is 0.217. The van der Waals surface area contributed by atoms with Gasteiger partial charge in [0.25, 0.3) is 0 Å². The molecule has 0 saturated carbocycles. The Kier molecular flexibility index (Phi) is 5.50. The van der Waals surface area contributed by atoms with Crippen molar-refractivity contribution in [2.45, 2.75) is 45.4 Å². The number of hydrogen-bond donors (Lipinski definition) is 1. The maximum Gasteiger partial charge on any atom is 0.133 e. The van der Waals surface area contributed by atoms with Gasteiger partial charge < -0.3 is 10.1 Å². The summed E-state index contributed by atoms with van der Waals surface area (Å²) < 4.78 is 7.06. The summed E-state index contributed by atoms with van der Waals surface area (Å²) in [6.07, 6.45) is 3.66. The highest BCUT2D eigenvalue weighted by molar-refractivity contribution is 9.10. The number of hydrogen-bond acceptors (Lipinski definition) is 2. The van der Waals surface area contributed by atoms with Gasteiger partial charge >= 0.3 is 0 Å². The molecule has 2 nitrogen and oxygen atoms in total. The number of halogens is 1. The maximum atomic E-state index is 5.99. The molecule has 3 heteroatoms. The Morgan fingerprint density at radius 3 is 2.80 bits per heavy atom. The quantitative estimate of drug-likeness (QED) is 0.851. The third-order valence-electron chi connectivity index (χ3n) is 4.47. The first kappa shape index (κ1) is 15.8. The standard InChI is InChI=1S/C17H26BrNO/c1-4-17(2,3)14-7-8-16(15(18)10-14)20-12-13-6-5-9-19-11-13/h7-8,10,13,19H,4-6,9,11-12H2,1-3H3. The van der Waals surface area contributed by atoms with Gasteiger partial charge in [0.05, 0.1) is 11.1 Å². The van der Waals surface area contributed by atoms with Gasteiger partial charge in [0, 0.05) is 12.5 Å². The lowest BCUT2D eigenvalue weighted by molar-refractivity contribution is 0.217. The van der Waals surface area contributed by atoms with Crippen LogP contribution in [0.15, 0.2) is 22.7 Å². The normalized spacial score (nSPS) is 19.9. The van der Waals surface area contributed by atoms with Crippen LogP contribution in [0, 0.1) is 5.92 Å². The molecule has 1 fully saturated rings. The first-order valence-corrected chi connectivity index (χ1v) is 8.46. The van der Waals surface area contributed by atoms with Gasteiger partial charge in [0.2, 0.25) is 0 Å². The van der Waals surface area contributed by atoms with Gasteiger partial charge in [0.1, 0.15) is 5.75 Å². The SMILES string of the molecule is CCC(C)(C)c1ccc(OCC2CCCNC2)c(Br)c1. The van der Waals surface area contributed by atoms with Gasteiger partial charge in [-0.05, 0) is 64.8 Å². The summed E-state index contributed by atoms with van der Waals surface area (Å²) in [5.41, 5.74) is 1.58. The van der Waals surface area contributed by atoms with Gasteiger partial charge in [-0.2, -0.15) is 0 Å². The van der Waals surface area contributed by atoms with Crippen molar-refractivity contribution in [3.63, 3.8) is 0 Å². The van der Waals surface area contributed by atoms with Crippen LogP contribution >= 0.6 is 15.9 Å². The van der Waals surface area contributed by atoms with Crippen LogP contribution in [0.4, 0.5) is 0 Å². The average molecular weight is 340 g/mol. The molecule has 0 aromatic heterocycles. The van der Waals surface area contributed by atoms with Gasteiger partial charge in [0.15, 0.2) is 0 Å². The molecule has 112 valence electrons. The van der Waals surface area contributed by atoms with Gasteiger partial charge in [-0.3, -0.25) is 0 Å². The molecule has 2 rings (SSSR count). The van der Waals surface area contributed by atoms with Crippen LogP contribution in [0.25, 0.3) is 0 Å². The van der Waals surface area contributed by atoms with E-state index in [1.54, 1.807) is 0 Å². The third kappa shape index (κ3) is 3.98. The van der Waals surface area contributed by atoms with Gasteiger partial charge in [-0.15, -0.1) is 0 Å². The van der Waals surface area contributed by atoms with E-state index in [0.29, 0.717) is 5.92 Å². The summed E-state index contributed by atoms with van der Waals surface area (Å²) in [6.45, 7) is 9.84. The monoisotopic (exact) mass is 339 g/mol. The lowest BCUT2D eigenvalue weighted by Gasteiger charge is -2.25. The second-order valence-corrected chi connectivity index (χ2v) is 7.26. The van der Waals surface area contributed by atoms with Crippen molar-refractivity contribution in [2.24, 2.45) is 5.92 Å². The summed E-state index contributed by atoms with van der Waals surface area (Å²) in [4.78, 5) is 0. The van der Waals surface area contributed by atoms with E-state index in [0.717, 1.165) is 36.3 Å². The highest BCUT2D eigenvalue weighted by Gasteiger charge is 2.19. The number of nitrogens with one attached hydrogen (secondary N) is 1. The predicted octanol–water partition coefficient (Wildman–Crippen LogP) is 4.52. The zero-order valence-electron chi connectivity index (χ0n) is 12.8. The fourth-order valence-corrected chi connectivity index (χ4v) is 3.01. The molecule has 20 heavy (non-hydrogen) atoms. The molecule has 1 aromatic rings. The minimum absolute atomic E-state index is 0.217. The zero-order valence-corrected chi connectivity index (χ0v) is 14.4. The van der Waals surface area contributed by atoms with E-state index in [4.69, 9.17) is 4.74 Å². The smallest absolute Gasteiger partial charge is 0.133 e. The largest absolute Gasteiger partial charge is 0.492 e. The van der Waals surface area contributed by atoms with Crippen LogP contribution in [0.3, 0.4) is 0 Å². The molecular weight excluding hydrogens is 314 g/mol. The lowest BCUT2D eigenvalue weighted by atomic mass is 9.82.